The van der Waals surface area contributed by atoms with Gasteiger partial charge in [0.15, 0.2) is 29.6 Å². The molecule has 0 spiro atoms. The SMILES string of the molecule is CCCOc1ccc(N2C(=O)NC(=O)/C(=C\c3cc(Cl)c(OCC(=O)Nc4ccc(Cl)c(Cl)c4)c(OCC)c3)C2=O)cc1OCC. The minimum atomic E-state index is -0.923. The van der Waals surface area contributed by atoms with E-state index < -0.39 is 30.4 Å². The number of hydrogen-bond donors (Lipinski definition) is 2. The number of rotatable bonds is 13. The van der Waals surface area contributed by atoms with Gasteiger partial charge in [-0.2, -0.15) is 0 Å². The Balaban J connectivity index is 1.59. The standard InChI is InChI=1S/C32H30Cl3N3O8/c1-4-11-45-25-10-8-20(16-26(25)43-5-2)38-31(41)21(30(40)37-32(38)42)12-18-13-24(35)29(27(14-18)44-6-3)46-17-28(39)36-19-7-9-22(33)23(34)15-19/h7-10,12-16H,4-6,11,17H2,1-3H3,(H,36,39)(H,37,40,42)/b21-12+. The number of benzene rings is 3. The van der Waals surface area contributed by atoms with Gasteiger partial charge in [-0.15, -0.1) is 0 Å². The van der Waals surface area contributed by atoms with Crippen LogP contribution in [0.4, 0.5) is 16.2 Å². The zero-order valence-electron chi connectivity index (χ0n) is 25.1. The van der Waals surface area contributed by atoms with Gasteiger partial charge in [0.1, 0.15) is 5.57 Å². The maximum atomic E-state index is 13.6. The van der Waals surface area contributed by atoms with Crippen LogP contribution in [0.15, 0.2) is 54.1 Å². The number of nitrogens with one attached hydrogen (secondary N) is 2. The summed E-state index contributed by atoms with van der Waals surface area (Å²) >= 11 is 18.4. The fourth-order valence-corrected chi connectivity index (χ4v) is 4.85. The number of barbiturate groups is 1. The van der Waals surface area contributed by atoms with E-state index in [4.69, 9.17) is 53.8 Å². The van der Waals surface area contributed by atoms with E-state index >= 15 is 0 Å². The Kier molecular flexibility index (Phi) is 11.8. The molecule has 0 bridgehead atoms. The molecule has 0 radical (unpaired) electrons. The molecular weight excluding hydrogens is 661 g/mol. The molecule has 242 valence electrons. The highest BCUT2D eigenvalue weighted by Crippen LogP contribution is 2.38. The van der Waals surface area contributed by atoms with E-state index in [1.54, 1.807) is 32.0 Å². The number of nitrogens with zero attached hydrogens (tertiary/aromatic N) is 1. The Labute approximate surface area is 280 Å². The van der Waals surface area contributed by atoms with Crippen molar-refractivity contribution in [2.75, 3.05) is 36.6 Å². The summed E-state index contributed by atoms with van der Waals surface area (Å²) in [5.41, 5.74) is 0.548. The molecule has 1 fully saturated rings. The van der Waals surface area contributed by atoms with Crippen molar-refractivity contribution in [1.29, 1.82) is 0 Å². The second-order valence-corrected chi connectivity index (χ2v) is 10.8. The fraction of sp³-hybridized carbons (Fsp3) is 0.250. The molecule has 11 nitrogen and oxygen atoms in total. The third-order valence-corrected chi connectivity index (χ3v) is 7.26. The van der Waals surface area contributed by atoms with Gasteiger partial charge in [0.2, 0.25) is 0 Å². The van der Waals surface area contributed by atoms with Gasteiger partial charge in [-0.25, -0.2) is 9.69 Å². The second-order valence-electron chi connectivity index (χ2n) is 9.60. The first kappa shape index (κ1) is 34.4. The van der Waals surface area contributed by atoms with Crippen molar-refractivity contribution in [2.24, 2.45) is 0 Å². The van der Waals surface area contributed by atoms with Crippen molar-refractivity contribution < 1.29 is 38.1 Å². The summed E-state index contributed by atoms with van der Waals surface area (Å²) in [5.74, 6) is -1.25. The van der Waals surface area contributed by atoms with Crippen molar-refractivity contribution in [3.05, 3.63) is 74.7 Å². The fourth-order valence-electron chi connectivity index (χ4n) is 4.28. The molecule has 1 heterocycles. The summed E-state index contributed by atoms with van der Waals surface area (Å²) in [6.07, 6.45) is 2.04. The monoisotopic (exact) mass is 689 g/mol. The molecule has 1 saturated heterocycles. The van der Waals surface area contributed by atoms with Crippen molar-refractivity contribution in [3.63, 3.8) is 0 Å². The van der Waals surface area contributed by atoms with E-state index in [1.165, 1.54) is 36.4 Å². The highest BCUT2D eigenvalue weighted by molar-refractivity contribution is 6.42. The largest absolute Gasteiger partial charge is 0.490 e. The molecule has 14 heteroatoms. The molecule has 46 heavy (non-hydrogen) atoms. The average molecular weight is 691 g/mol. The van der Waals surface area contributed by atoms with E-state index in [0.29, 0.717) is 41.0 Å². The van der Waals surface area contributed by atoms with E-state index in [9.17, 15) is 19.2 Å². The number of imide groups is 2. The summed E-state index contributed by atoms with van der Waals surface area (Å²) in [6.45, 7) is 6.04. The minimum absolute atomic E-state index is 0.0424. The molecule has 0 aliphatic carbocycles. The van der Waals surface area contributed by atoms with Crippen LogP contribution < -0.4 is 34.5 Å². The molecule has 2 N–H and O–H groups in total. The number of carbonyl (C=O) groups excluding carboxylic acids is 4. The smallest absolute Gasteiger partial charge is 0.335 e. The molecule has 0 saturated carbocycles. The minimum Gasteiger partial charge on any atom is -0.490 e. The lowest BCUT2D eigenvalue weighted by Crippen LogP contribution is -2.54. The molecule has 4 rings (SSSR count). The lowest BCUT2D eigenvalue weighted by atomic mass is 10.1. The molecule has 3 aromatic carbocycles. The first-order chi connectivity index (χ1) is 22.1. The van der Waals surface area contributed by atoms with Crippen LogP contribution in [0.25, 0.3) is 6.08 Å². The van der Waals surface area contributed by atoms with Crippen LogP contribution in [0.5, 0.6) is 23.0 Å². The maximum absolute atomic E-state index is 13.6. The predicted molar refractivity (Wildman–Crippen MR) is 176 cm³/mol. The highest BCUT2D eigenvalue weighted by atomic mass is 35.5. The number of hydrogen-bond acceptors (Lipinski definition) is 8. The Morgan fingerprint density at radius 1 is 0.826 bits per heavy atom. The van der Waals surface area contributed by atoms with Gasteiger partial charge in [0.05, 0.1) is 40.6 Å². The Bertz CT molecular complexity index is 1700. The van der Waals surface area contributed by atoms with E-state index in [1.807, 2.05) is 6.92 Å². The van der Waals surface area contributed by atoms with Crippen LogP contribution in [-0.4, -0.2) is 50.2 Å². The third-order valence-electron chi connectivity index (χ3n) is 6.24. The van der Waals surface area contributed by atoms with Crippen molar-refractivity contribution in [2.45, 2.75) is 27.2 Å². The van der Waals surface area contributed by atoms with E-state index in [-0.39, 0.29) is 39.4 Å². The van der Waals surface area contributed by atoms with E-state index in [0.717, 1.165) is 11.3 Å². The Hall–Kier alpha value is -4.45. The molecule has 1 aliphatic heterocycles. The summed E-state index contributed by atoms with van der Waals surface area (Å²) in [4.78, 5) is 52.6. The lowest BCUT2D eigenvalue weighted by Gasteiger charge is -2.27. The van der Waals surface area contributed by atoms with Crippen LogP contribution in [0.1, 0.15) is 32.8 Å². The maximum Gasteiger partial charge on any atom is 0.335 e. The number of amides is 5. The van der Waals surface area contributed by atoms with Gasteiger partial charge in [-0.1, -0.05) is 41.7 Å². The first-order valence-corrected chi connectivity index (χ1v) is 15.3. The van der Waals surface area contributed by atoms with Crippen molar-refractivity contribution in [1.82, 2.24) is 5.32 Å². The molecule has 0 atom stereocenters. The van der Waals surface area contributed by atoms with Crippen LogP contribution >= 0.6 is 34.8 Å². The zero-order valence-corrected chi connectivity index (χ0v) is 27.3. The first-order valence-electron chi connectivity index (χ1n) is 14.2. The van der Waals surface area contributed by atoms with Crippen molar-refractivity contribution >= 4 is 76.0 Å². The number of halogens is 3. The lowest BCUT2D eigenvalue weighted by molar-refractivity contribution is -0.122. The number of ether oxygens (including phenoxy) is 4. The third kappa shape index (κ3) is 8.22. The van der Waals surface area contributed by atoms with Gasteiger partial charge < -0.3 is 24.3 Å². The zero-order chi connectivity index (χ0) is 33.4. The summed E-state index contributed by atoms with van der Waals surface area (Å²) in [7, 11) is 0. The van der Waals surface area contributed by atoms with Crippen LogP contribution in [0, 0.1) is 0 Å². The number of urea groups is 1. The van der Waals surface area contributed by atoms with Crippen LogP contribution in [0.2, 0.25) is 15.1 Å². The number of carbonyl (C=O) groups is 4. The van der Waals surface area contributed by atoms with E-state index in [2.05, 4.69) is 10.6 Å². The Morgan fingerprint density at radius 2 is 1.57 bits per heavy atom. The van der Waals surface area contributed by atoms with Gasteiger partial charge in [-0.3, -0.25) is 19.7 Å². The van der Waals surface area contributed by atoms with Gasteiger partial charge in [-0.05, 0) is 74.4 Å². The molecule has 1 aliphatic rings. The molecule has 0 unspecified atom stereocenters. The summed E-state index contributed by atoms with van der Waals surface area (Å²) < 4.78 is 22.7. The number of anilines is 2. The average Bonchev–Trinajstić information content (AvgIpc) is 3.00. The molecular formula is C32H30Cl3N3O8. The second kappa shape index (κ2) is 15.7. The molecule has 3 aromatic rings. The van der Waals surface area contributed by atoms with Crippen molar-refractivity contribution in [3.8, 4) is 23.0 Å². The topological polar surface area (TPSA) is 132 Å². The van der Waals surface area contributed by atoms with Crippen LogP contribution in [-0.2, 0) is 14.4 Å². The van der Waals surface area contributed by atoms with Gasteiger partial charge >= 0.3 is 6.03 Å². The summed E-state index contributed by atoms with van der Waals surface area (Å²) in [5, 5.41) is 5.49. The van der Waals surface area contributed by atoms with Crippen LogP contribution in [0.3, 0.4) is 0 Å². The Morgan fingerprint density at radius 3 is 2.26 bits per heavy atom. The quantitative estimate of drug-likeness (QED) is 0.146. The highest BCUT2D eigenvalue weighted by Gasteiger charge is 2.37. The van der Waals surface area contributed by atoms with Gasteiger partial charge in [0, 0.05) is 11.8 Å². The molecule has 5 amide bonds. The van der Waals surface area contributed by atoms with Gasteiger partial charge in [0.25, 0.3) is 17.7 Å². The predicted octanol–water partition coefficient (Wildman–Crippen LogP) is 6.92. The normalized spacial score (nSPS) is 13.8. The summed E-state index contributed by atoms with van der Waals surface area (Å²) in [6, 6.07) is 11.2. The molecule has 0 aromatic heterocycles.